The Hall–Kier alpha value is -20.6. The molecule has 0 saturated carbocycles. The Labute approximate surface area is 836 Å². The average molecular weight is 1930 g/mol. The third-order valence-electron chi connectivity index (χ3n) is 21.4. The van der Waals surface area contributed by atoms with Crippen LogP contribution in [-0.2, 0) is 0 Å². The Morgan fingerprint density at radius 3 is 0.842 bits per heavy atom. The van der Waals surface area contributed by atoms with Gasteiger partial charge in [0.1, 0.15) is 34.4 Å². The van der Waals surface area contributed by atoms with Crippen molar-refractivity contribution in [1.29, 1.82) is 0 Å². The SMILES string of the molecule is Cc1cc(-c2cccnc2)nc(N/N=C/c2ccc(Nc3ccc(-c4cccc(O)c4)cc3)cn2)n1.Cc1cncc(-c2cc(C)nc(N/N=C/c3ccc(Nc4ccc(-c5cccc(O)c5)cc4)cn3)n2)c1.Cc1cncc(-c2nc(N/N=C/c3ccc(Nc4ccc(-c5cccc(O)c5)cc4)cn3)ncc2F)c1.Oc1cccc(-c2ccc(Nc3ccc(/C=N/Nc4ncc(F)c(-c5cccnc5)n4)nc3)cc2)c1. The lowest BCUT2D eigenvalue weighted by Crippen LogP contribution is -2.01. The number of nitrogens with one attached hydrogen (secondary N) is 8. The molecule has 0 aliphatic heterocycles. The van der Waals surface area contributed by atoms with Crippen molar-refractivity contribution in [2.45, 2.75) is 27.7 Å². The molecule has 716 valence electrons. The van der Waals surface area contributed by atoms with E-state index in [2.05, 4.69) is 143 Å². The number of pyridine rings is 8. The number of rotatable bonds is 28. The number of phenols is 4. The minimum Gasteiger partial charge on any atom is -0.508 e. The van der Waals surface area contributed by atoms with Crippen LogP contribution in [0.5, 0.6) is 23.0 Å². The van der Waals surface area contributed by atoms with E-state index in [1.807, 2.05) is 252 Å². The van der Waals surface area contributed by atoms with Crippen molar-refractivity contribution in [3.63, 3.8) is 0 Å². The van der Waals surface area contributed by atoms with Crippen LogP contribution in [0.4, 0.5) is 78.1 Å². The number of aromatic nitrogens is 16. The summed E-state index contributed by atoms with van der Waals surface area (Å²) in [5, 5.41) is 68.7. The van der Waals surface area contributed by atoms with Gasteiger partial charge in [-0.2, -0.15) is 20.4 Å². The molecule has 0 radical (unpaired) electrons. The van der Waals surface area contributed by atoms with Crippen molar-refractivity contribution in [3.8, 4) is 113 Å². The second-order valence-electron chi connectivity index (χ2n) is 32.6. The molecule has 20 rings (SSSR count). The monoisotopic (exact) mass is 1930 g/mol. The molecule has 8 aromatic carbocycles. The molecule has 0 atom stereocenters. The Morgan fingerprint density at radius 2 is 0.527 bits per heavy atom. The van der Waals surface area contributed by atoms with Crippen molar-refractivity contribution in [2.75, 3.05) is 43.0 Å². The number of hydrogen-bond acceptors (Lipinski definition) is 32. The predicted molar refractivity (Wildman–Crippen MR) is 569 cm³/mol. The predicted octanol–water partition coefficient (Wildman–Crippen LogP) is 23.5. The average Bonchev–Trinajstić information content (AvgIpc) is 0.721. The zero-order valence-electron chi connectivity index (χ0n) is 78.6. The quantitative estimate of drug-likeness (QED) is 0.0160. The number of hydrogen-bond donors (Lipinski definition) is 12. The van der Waals surface area contributed by atoms with Crippen LogP contribution in [0.15, 0.2) is 398 Å². The van der Waals surface area contributed by atoms with Gasteiger partial charge in [0.2, 0.25) is 23.8 Å². The van der Waals surface area contributed by atoms with Gasteiger partial charge in [0, 0.05) is 106 Å². The first-order chi connectivity index (χ1) is 71.3. The summed E-state index contributed by atoms with van der Waals surface area (Å²) >= 11 is 0. The molecule has 12 heterocycles. The maximum Gasteiger partial charge on any atom is 0.244 e. The Balaban J connectivity index is 0.000000133. The largest absolute Gasteiger partial charge is 0.508 e. The summed E-state index contributed by atoms with van der Waals surface area (Å²) in [5.41, 5.74) is 37.1. The highest BCUT2D eigenvalue weighted by Crippen LogP contribution is 2.34. The normalized spacial score (nSPS) is 10.9. The Morgan fingerprint density at radius 1 is 0.233 bits per heavy atom. The van der Waals surface area contributed by atoms with E-state index in [4.69, 9.17) is 0 Å². The van der Waals surface area contributed by atoms with Gasteiger partial charge in [0.05, 0.1) is 119 Å². The lowest BCUT2D eigenvalue weighted by Gasteiger charge is -2.08. The minimum atomic E-state index is -0.545. The van der Waals surface area contributed by atoms with E-state index in [0.29, 0.717) is 45.8 Å². The molecular weight excluding hydrogens is 1840 g/mol. The summed E-state index contributed by atoms with van der Waals surface area (Å²) in [6.07, 6.45) is 28.8. The number of hydrazone groups is 4. The lowest BCUT2D eigenvalue weighted by molar-refractivity contribution is 0.475. The van der Waals surface area contributed by atoms with Crippen LogP contribution in [-0.4, -0.2) is 125 Å². The molecule has 0 unspecified atom stereocenters. The van der Waals surface area contributed by atoms with Gasteiger partial charge in [0.15, 0.2) is 11.6 Å². The van der Waals surface area contributed by atoms with Crippen LogP contribution >= 0.6 is 0 Å². The second-order valence-corrected chi connectivity index (χ2v) is 32.6. The van der Waals surface area contributed by atoms with E-state index < -0.39 is 11.6 Å². The molecule has 0 saturated heterocycles. The third kappa shape index (κ3) is 27.9. The van der Waals surface area contributed by atoms with E-state index in [-0.39, 0.29) is 46.3 Å². The van der Waals surface area contributed by atoms with Gasteiger partial charge in [-0.1, -0.05) is 97.1 Å². The van der Waals surface area contributed by atoms with Crippen LogP contribution in [0.2, 0.25) is 0 Å². The van der Waals surface area contributed by atoms with Crippen LogP contribution in [0.3, 0.4) is 0 Å². The van der Waals surface area contributed by atoms with Crippen molar-refractivity contribution in [2.24, 2.45) is 20.4 Å². The number of phenolic OH excluding ortho intramolecular Hbond substituents is 4. The van der Waals surface area contributed by atoms with Gasteiger partial charge >= 0.3 is 0 Å². The summed E-state index contributed by atoms with van der Waals surface area (Å²) in [6.45, 7) is 7.69. The molecule has 32 nitrogen and oxygen atoms in total. The summed E-state index contributed by atoms with van der Waals surface area (Å²) in [4.78, 5) is 68.2. The smallest absolute Gasteiger partial charge is 0.244 e. The van der Waals surface area contributed by atoms with Gasteiger partial charge in [0.25, 0.3) is 0 Å². The van der Waals surface area contributed by atoms with Gasteiger partial charge in [-0.15, -0.1) is 0 Å². The molecule has 12 N–H and O–H groups in total. The molecule has 0 aliphatic rings. The number of nitrogens with zero attached hydrogens (tertiary/aromatic N) is 20. The fraction of sp³-hybridized carbons (Fsp3) is 0.0357. The standard InChI is InChI=1S/C29H25N7O.C28H22FN7O.C28H23N7O.C27H20FN7O/c1-19-12-23(16-30-15-19)28-13-20(2)33-29(35-28)36-32-18-25-10-11-26(17-31-25)34-24-8-6-21(7-9-24)22-4-3-5-27(37)14-22;1-18-11-21(14-30-13-18)27-26(29)17-32-28(35-27)36-33-16-23-9-10-24(15-31-23)34-22-7-5-19(6-8-22)20-3-2-4-25(37)12-20;1-19-14-27(22-5-3-13-29-16-22)34-28(32-19)35-31-18-24-11-12-25(17-30-24)33-23-9-7-20(8-10-23)21-4-2-6-26(36)15-21;28-25-17-31-27(34-26(25)20-4-2-12-29-14-20)35-32-16-22-10-11-23(15-30-22)33-21-8-6-18(7-9-21)19-3-1-5-24(36)13-19/h3-18,34,37H,1-2H3,(H,33,35,36);2-17,34,37H,1H3,(H,32,35,36);2-18,33,36H,1H3,(H,32,34,35);1-17,33,36H,(H,31,34,35)/b32-18+;33-16+;31-18+;32-16+. The maximum atomic E-state index is 14.2. The molecule has 0 spiro atoms. The van der Waals surface area contributed by atoms with Crippen molar-refractivity contribution < 1.29 is 29.2 Å². The van der Waals surface area contributed by atoms with Crippen molar-refractivity contribution >= 4 is 94.2 Å². The molecule has 0 aliphatic carbocycles. The van der Waals surface area contributed by atoms with Crippen LogP contribution in [0.25, 0.3) is 89.5 Å². The van der Waals surface area contributed by atoms with Crippen LogP contribution in [0, 0.1) is 39.3 Å². The highest BCUT2D eigenvalue weighted by atomic mass is 19.1. The van der Waals surface area contributed by atoms with Crippen LogP contribution in [0.1, 0.15) is 45.3 Å². The number of benzene rings is 8. The second kappa shape index (κ2) is 47.7. The topological polar surface area (TPSA) is 433 Å². The number of aromatic hydroxyl groups is 4. The molecule has 0 amide bonds. The Bertz CT molecular complexity index is 7960. The van der Waals surface area contributed by atoms with Gasteiger partial charge < -0.3 is 41.7 Å². The summed E-state index contributed by atoms with van der Waals surface area (Å²) in [7, 11) is 0. The molecule has 20 aromatic rings. The number of halogens is 2. The summed E-state index contributed by atoms with van der Waals surface area (Å²) in [5.74, 6) is 0.995. The highest BCUT2D eigenvalue weighted by Gasteiger charge is 2.16. The van der Waals surface area contributed by atoms with Gasteiger partial charge in [-0.25, -0.2) is 70.4 Å². The molecule has 12 aromatic heterocycles. The van der Waals surface area contributed by atoms with Crippen LogP contribution < -0.4 is 43.0 Å². The Kier molecular flexibility index (Phi) is 31.7. The first-order valence-electron chi connectivity index (χ1n) is 45.4. The van der Waals surface area contributed by atoms with Crippen molar-refractivity contribution in [3.05, 3.63) is 435 Å². The molecule has 146 heavy (non-hydrogen) atoms. The van der Waals surface area contributed by atoms with E-state index in [0.717, 1.165) is 147 Å². The van der Waals surface area contributed by atoms with Crippen molar-refractivity contribution in [1.82, 2.24) is 79.7 Å². The fourth-order valence-corrected chi connectivity index (χ4v) is 14.4. The summed E-state index contributed by atoms with van der Waals surface area (Å²) < 4.78 is 28.3. The van der Waals surface area contributed by atoms with E-state index >= 15 is 0 Å². The molecular formula is C112H90F2N28O4. The first kappa shape index (κ1) is 97.1. The first-order valence-corrected chi connectivity index (χ1v) is 45.4. The zero-order valence-corrected chi connectivity index (χ0v) is 78.6. The van der Waals surface area contributed by atoms with Gasteiger partial charge in [-0.05, 0) is 277 Å². The number of anilines is 12. The van der Waals surface area contributed by atoms with Gasteiger partial charge in [-0.3, -0.25) is 39.9 Å². The maximum absolute atomic E-state index is 14.2. The molecule has 34 heteroatoms. The summed E-state index contributed by atoms with van der Waals surface area (Å²) in [6, 6.07) is 90.3. The zero-order chi connectivity index (χ0) is 101. The lowest BCUT2D eigenvalue weighted by atomic mass is 10.1. The highest BCUT2D eigenvalue weighted by molar-refractivity contribution is 5.83. The van der Waals surface area contributed by atoms with E-state index in [1.54, 1.807) is 147 Å². The fourth-order valence-electron chi connectivity index (χ4n) is 14.4. The number of aryl methyl sites for hydroxylation is 4. The molecule has 0 fully saturated rings. The van der Waals surface area contributed by atoms with E-state index in [1.165, 1.54) is 18.6 Å². The minimum absolute atomic E-state index is 0.138. The third-order valence-corrected chi connectivity index (χ3v) is 21.4. The molecule has 0 bridgehead atoms. The van der Waals surface area contributed by atoms with E-state index in [9.17, 15) is 29.2 Å².